The fraction of sp³-hybridized carbons (Fsp3) is 0.190. The number of rotatable bonds is 4. The monoisotopic (exact) mass is 314 g/mol. The average Bonchev–Trinajstić information content (AvgIpc) is 3.05. The largest absolute Gasteiger partial charge is 0.354 e. The standard InChI is InChI=1S/C21H23BN2/c1-21(2,3)19-15-23-20(24-19)22-18(17-12-8-5-9-13-17)14-16-10-6-4-7-11-16/h4-15,22H,1-3H3,(H,23,24). The molecule has 1 N–H and O–H groups in total. The third-order valence-electron chi connectivity index (χ3n) is 4.08. The Bertz CT molecular complexity index is 812. The molecule has 0 unspecified atom stereocenters. The molecule has 2 nitrogen and oxygen atoms in total. The van der Waals surface area contributed by atoms with Gasteiger partial charge in [0.25, 0.3) is 0 Å². The summed E-state index contributed by atoms with van der Waals surface area (Å²) in [5.74, 6) is 0. The molecule has 0 amide bonds. The minimum atomic E-state index is 0.0846. The highest BCUT2D eigenvalue weighted by atomic mass is 14.9. The first kappa shape index (κ1) is 16.3. The molecule has 0 atom stereocenters. The fourth-order valence-electron chi connectivity index (χ4n) is 2.65. The van der Waals surface area contributed by atoms with Gasteiger partial charge in [0, 0.05) is 17.3 Å². The summed E-state index contributed by atoms with van der Waals surface area (Å²) in [6.45, 7) is 6.59. The van der Waals surface area contributed by atoms with Crippen LogP contribution < -0.4 is 5.72 Å². The second kappa shape index (κ2) is 6.92. The van der Waals surface area contributed by atoms with Crippen LogP contribution in [0.2, 0.25) is 0 Å². The Balaban J connectivity index is 1.94. The van der Waals surface area contributed by atoms with Gasteiger partial charge in [-0.15, -0.1) is 0 Å². The quantitative estimate of drug-likeness (QED) is 0.573. The predicted molar refractivity (Wildman–Crippen MR) is 105 cm³/mol. The van der Waals surface area contributed by atoms with Crippen LogP contribution in [0.25, 0.3) is 11.5 Å². The maximum absolute atomic E-state index is 4.59. The summed E-state index contributed by atoms with van der Waals surface area (Å²) in [6.07, 6.45) is 4.20. The molecule has 0 saturated carbocycles. The Morgan fingerprint density at radius 1 is 0.958 bits per heavy atom. The molecule has 0 saturated heterocycles. The van der Waals surface area contributed by atoms with Crippen LogP contribution >= 0.6 is 0 Å². The van der Waals surface area contributed by atoms with E-state index in [1.54, 1.807) is 0 Å². The van der Waals surface area contributed by atoms with Crippen LogP contribution in [0.4, 0.5) is 0 Å². The summed E-state index contributed by atoms with van der Waals surface area (Å²) >= 11 is 0. The van der Waals surface area contributed by atoms with Crippen LogP contribution in [0.15, 0.2) is 66.9 Å². The number of nitrogens with zero attached hydrogens (tertiary/aromatic N) is 1. The summed E-state index contributed by atoms with van der Waals surface area (Å²) < 4.78 is 0. The topological polar surface area (TPSA) is 28.7 Å². The van der Waals surface area contributed by atoms with E-state index < -0.39 is 0 Å². The van der Waals surface area contributed by atoms with Crippen molar-refractivity contribution < 1.29 is 0 Å². The van der Waals surface area contributed by atoms with Crippen molar-refractivity contribution in [2.75, 3.05) is 0 Å². The van der Waals surface area contributed by atoms with Crippen molar-refractivity contribution in [3.05, 3.63) is 83.7 Å². The van der Waals surface area contributed by atoms with E-state index in [0.717, 1.165) is 13.0 Å². The number of aromatic amines is 1. The second-order valence-electron chi connectivity index (χ2n) is 7.12. The lowest BCUT2D eigenvalue weighted by Gasteiger charge is -2.15. The average molecular weight is 314 g/mol. The van der Waals surface area contributed by atoms with Gasteiger partial charge in [0.05, 0.1) is 5.72 Å². The first-order chi connectivity index (χ1) is 11.5. The first-order valence-electron chi connectivity index (χ1n) is 8.38. The second-order valence-corrected chi connectivity index (χ2v) is 7.12. The zero-order chi connectivity index (χ0) is 17.0. The molecule has 0 aliphatic rings. The van der Waals surface area contributed by atoms with E-state index in [9.17, 15) is 0 Å². The Morgan fingerprint density at radius 2 is 1.58 bits per heavy atom. The molecule has 0 bridgehead atoms. The van der Waals surface area contributed by atoms with Gasteiger partial charge in [-0.25, -0.2) is 0 Å². The van der Waals surface area contributed by atoms with Gasteiger partial charge in [-0.05, 0) is 11.1 Å². The molecule has 0 fully saturated rings. The molecule has 2 aromatic carbocycles. The van der Waals surface area contributed by atoms with Gasteiger partial charge < -0.3 is 4.98 Å². The minimum absolute atomic E-state index is 0.0846. The van der Waals surface area contributed by atoms with Crippen molar-refractivity contribution in [1.29, 1.82) is 0 Å². The van der Waals surface area contributed by atoms with Gasteiger partial charge in [0.1, 0.15) is 0 Å². The van der Waals surface area contributed by atoms with E-state index in [0.29, 0.717) is 0 Å². The Morgan fingerprint density at radius 3 is 2.17 bits per heavy atom. The summed E-state index contributed by atoms with van der Waals surface area (Å²) in [6, 6.07) is 21.0. The molecule has 1 heterocycles. The van der Waals surface area contributed by atoms with Gasteiger partial charge >= 0.3 is 0 Å². The smallest absolute Gasteiger partial charge is 0.238 e. The summed E-state index contributed by atoms with van der Waals surface area (Å²) in [5, 5.41) is 0. The molecule has 3 aromatic rings. The summed E-state index contributed by atoms with van der Waals surface area (Å²) in [5.41, 5.74) is 5.96. The third kappa shape index (κ3) is 4.05. The lowest BCUT2D eigenvalue weighted by atomic mass is 9.65. The van der Waals surface area contributed by atoms with E-state index >= 15 is 0 Å². The van der Waals surface area contributed by atoms with E-state index in [-0.39, 0.29) is 5.41 Å². The highest BCUT2D eigenvalue weighted by molar-refractivity contribution is 6.73. The van der Waals surface area contributed by atoms with Crippen molar-refractivity contribution in [1.82, 2.24) is 9.97 Å². The molecule has 3 rings (SSSR count). The number of imidazole rings is 1. The molecule has 0 spiro atoms. The van der Waals surface area contributed by atoms with Crippen LogP contribution in [0, 0.1) is 0 Å². The van der Waals surface area contributed by atoms with Gasteiger partial charge in [-0.3, -0.25) is 4.98 Å². The maximum atomic E-state index is 4.59. The van der Waals surface area contributed by atoms with Crippen LogP contribution in [0.5, 0.6) is 0 Å². The number of H-pyrrole nitrogens is 1. The van der Waals surface area contributed by atoms with Gasteiger partial charge in [0.15, 0.2) is 0 Å². The number of hydrogen-bond acceptors (Lipinski definition) is 1. The maximum Gasteiger partial charge on any atom is 0.238 e. The molecule has 24 heavy (non-hydrogen) atoms. The molecule has 0 aliphatic carbocycles. The Labute approximate surface area is 144 Å². The number of hydrogen-bond donors (Lipinski definition) is 1. The highest BCUT2D eigenvalue weighted by Gasteiger charge is 2.17. The molecular weight excluding hydrogens is 291 g/mol. The molecule has 120 valence electrons. The highest BCUT2D eigenvalue weighted by Crippen LogP contribution is 2.19. The van der Waals surface area contributed by atoms with Gasteiger partial charge in [-0.1, -0.05) is 93.0 Å². The third-order valence-corrected chi connectivity index (χ3v) is 4.08. The van der Waals surface area contributed by atoms with Crippen LogP contribution in [0.3, 0.4) is 0 Å². The van der Waals surface area contributed by atoms with Crippen molar-refractivity contribution in [2.24, 2.45) is 0 Å². The number of benzene rings is 2. The van der Waals surface area contributed by atoms with E-state index in [1.807, 2.05) is 18.3 Å². The van der Waals surface area contributed by atoms with E-state index in [1.165, 1.54) is 22.3 Å². The summed E-state index contributed by atoms with van der Waals surface area (Å²) in [4.78, 5) is 8.08. The Hall–Kier alpha value is -2.55. The van der Waals surface area contributed by atoms with Crippen molar-refractivity contribution in [2.45, 2.75) is 26.2 Å². The number of nitrogens with one attached hydrogen (secondary N) is 1. The molecular formula is C21H23BN2. The molecule has 0 aliphatic heterocycles. The Kier molecular flexibility index (Phi) is 4.70. The molecule has 1 aromatic heterocycles. The summed E-state index contributed by atoms with van der Waals surface area (Å²) in [7, 11) is 0.787. The van der Waals surface area contributed by atoms with Crippen LogP contribution in [0.1, 0.15) is 37.6 Å². The minimum Gasteiger partial charge on any atom is -0.354 e. The normalized spacial score (nSPS) is 12.2. The molecule has 3 heteroatoms. The molecule has 0 radical (unpaired) electrons. The van der Waals surface area contributed by atoms with E-state index in [4.69, 9.17) is 0 Å². The first-order valence-corrected chi connectivity index (χ1v) is 8.38. The van der Waals surface area contributed by atoms with Crippen molar-refractivity contribution >= 4 is 24.6 Å². The fourth-order valence-corrected chi connectivity index (χ4v) is 2.65. The van der Waals surface area contributed by atoms with Crippen molar-refractivity contribution in [3.8, 4) is 0 Å². The zero-order valence-electron chi connectivity index (χ0n) is 14.6. The van der Waals surface area contributed by atoms with Gasteiger partial charge in [0.2, 0.25) is 7.28 Å². The van der Waals surface area contributed by atoms with Gasteiger partial charge in [-0.2, -0.15) is 0 Å². The lowest BCUT2D eigenvalue weighted by Crippen LogP contribution is -2.22. The zero-order valence-corrected chi connectivity index (χ0v) is 14.6. The lowest BCUT2D eigenvalue weighted by molar-refractivity contribution is 0.573. The van der Waals surface area contributed by atoms with Crippen LogP contribution in [-0.2, 0) is 5.41 Å². The predicted octanol–water partition coefficient (Wildman–Crippen LogP) is 3.97. The number of aromatic nitrogens is 2. The van der Waals surface area contributed by atoms with Crippen molar-refractivity contribution in [3.63, 3.8) is 0 Å². The van der Waals surface area contributed by atoms with Crippen LogP contribution in [-0.4, -0.2) is 17.2 Å². The van der Waals surface area contributed by atoms with E-state index in [2.05, 4.69) is 85.3 Å². The SMILES string of the molecule is CC(C)(C)c1cnc(BC(=Cc2ccccc2)c2ccccc2)[nH]1.